The molecule has 0 spiro atoms. The number of carbonyl (C=O) groups excluding carboxylic acids is 2. The van der Waals surface area contributed by atoms with E-state index in [1.807, 2.05) is 12.1 Å². The Morgan fingerprint density at radius 3 is 2.36 bits per heavy atom. The van der Waals surface area contributed by atoms with Crippen molar-refractivity contribution in [3.63, 3.8) is 0 Å². The van der Waals surface area contributed by atoms with Crippen LogP contribution in [0.3, 0.4) is 0 Å². The molecule has 0 radical (unpaired) electrons. The number of benzene rings is 2. The summed E-state index contributed by atoms with van der Waals surface area (Å²) in [6, 6.07) is 10.1. The van der Waals surface area contributed by atoms with Crippen LogP contribution in [0.5, 0.6) is 23.0 Å². The van der Waals surface area contributed by atoms with Crippen LogP contribution in [0.25, 0.3) is 0 Å². The molecule has 3 aromatic rings. The van der Waals surface area contributed by atoms with E-state index in [1.54, 1.807) is 23.5 Å². The van der Waals surface area contributed by atoms with Crippen molar-refractivity contribution >= 4 is 28.2 Å². The van der Waals surface area contributed by atoms with Gasteiger partial charge in [-0.2, -0.15) is 0 Å². The maximum atomic E-state index is 12.9. The molecule has 9 nitrogen and oxygen atoms in total. The number of fused-ring (bicyclic) bond motifs is 3. The minimum absolute atomic E-state index is 0.0614. The molecule has 0 fully saturated rings. The molecule has 188 valence electrons. The molecule has 36 heavy (non-hydrogen) atoms. The Hall–Kier alpha value is -3.76. The Kier molecular flexibility index (Phi) is 6.46. The SMILES string of the molecule is COc1cc(C(=O)Oc2ccc(C3NC(=O)c4c(sc5c4CCN(C)C5)N3)cc2)cc(OC)c1OC. The summed E-state index contributed by atoms with van der Waals surface area (Å²) >= 11 is 1.65. The first kappa shape index (κ1) is 24.0. The number of methoxy groups -OCH3 is 3. The monoisotopic (exact) mass is 509 g/mol. The molecular weight excluding hydrogens is 482 g/mol. The summed E-state index contributed by atoms with van der Waals surface area (Å²) in [5, 5.41) is 7.42. The number of nitrogens with zero attached hydrogens (tertiary/aromatic N) is 1. The normalized spacial score (nSPS) is 16.8. The first-order chi connectivity index (χ1) is 17.4. The minimum atomic E-state index is -0.565. The van der Waals surface area contributed by atoms with Crippen LogP contribution in [-0.4, -0.2) is 51.7 Å². The largest absolute Gasteiger partial charge is 0.493 e. The van der Waals surface area contributed by atoms with Gasteiger partial charge >= 0.3 is 5.97 Å². The van der Waals surface area contributed by atoms with E-state index in [0.717, 1.165) is 41.2 Å². The van der Waals surface area contributed by atoms with Crippen LogP contribution in [0.15, 0.2) is 36.4 Å². The Labute approximate surface area is 212 Å². The summed E-state index contributed by atoms with van der Waals surface area (Å²) in [4.78, 5) is 29.2. The summed E-state index contributed by atoms with van der Waals surface area (Å²) < 4.78 is 21.5. The molecule has 0 bridgehead atoms. The lowest BCUT2D eigenvalue weighted by Gasteiger charge is -2.27. The predicted octanol–water partition coefficient (Wildman–Crippen LogP) is 3.84. The first-order valence-corrected chi connectivity index (χ1v) is 12.3. The zero-order chi connectivity index (χ0) is 25.4. The lowest BCUT2D eigenvalue weighted by Crippen LogP contribution is -2.38. The van der Waals surface area contributed by atoms with Gasteiger partial charge in [-0.1, -0.05) is 12.1 Å². The fourth-order valence-electron chi connectivity index (χ4n) is 4.50. The number of likely N-dealkylation sites (N-methyl/N-ethyl adjacent to an activating group) is 1. The van der Waals surface area contributed by atoms with Crippen LogP contribution >= 0.6 is 11.3 Å². The van der Waals surface area contributed by atoms with Crippen LogP contribution in [0, 0.1) is 0 Å². The third-order valence-electron chi connectivity index (χ3n) is 6.35. The lowest BCUT2D eigenvalue weighted by molar-refractivity contribution is 0.0733. The van der Waals surface area contributed by atoms with Gasteiger partial charge in [-0.15, -0.1) is 11.3 Å². The molecule has 2 aliphatic heterocycles. The highest BCUT2D eigenvalue weighted by molar-refractivity contribution is 7.16. The molecule has 3 heterocycles. The number of rotatable bonds is 6. The van der Waals surface area contributed by atoms with Gasteiger partial charge in [-0.25, -0.2) is 4.79 Å². The highest BCUT2D eigenvalue weighted by atomic mass is 32.1. The first-order valence-electron chi connectivity index (χ1n) is 11.4. The molecule has 0 saturated heterocycles. The van der Waals surface area contributed by atoms with Crippen LogP contribution < -0.4 is 29.6 Å². The van der Waals surface area contributed by atoms with Crippen LogP contribution in [0.2, 0.25) is 0 Å². The van der Waals surface area contributed by atoms with Gasteiger partial charge in [-0.05, 0) is 48.9 Å². The number of anilines is 1. The second kappa shape index (κ2) is 9.71. The topological polar surface area (TPSA) is 98.4 Å². The van der Waals surface area contributed by atoms with Crippen molar-refractivity contribution in [1.82, 2.24) is 10.2 Å². The van der Waals surface area contributed by atoms with E-state index < -0.39 is 5.97 Å². The number of hydrogen-bond acceptors (Lipinski definition) is 9. The van der Waals surface area contributed by atoms with Crippen molar-refractivity contribution in [1.29, 1.82) is 0 Å². The van der Waals surface area contributed by atoms with Crippen molar-refractivity contribution in [2.24, 2.45) is 0 Å². The number of amides is 1. The summed E-state index contributed by atoms with van der Waals surface area (Å²) in [5.74, 6) is 0.859. The summed E-state index contributed by atoms with van der Waals surface area (Å²) in [7, 11) is 6.55. The van der Waals surface area contributed by atoms with Crippen molar-refractivity contribution in [2.45, 2.75) is 19.1 Å². The Morgan fingerprint density at radius 1 is 1.03 bits per heavy atom. The van der Waals surface area contributed by atoms with Crippen molar-refractivity contribution in [3.8, 4) is 23.0 Å². The number of thiophene rings is 1. The fraction of sp³-hybridized carbons (Fsp3) is 0.308. The molecule has 10 heteroatoms. The van der Waals surface area contributed by atoms with E-state index in [9.17, 15) is 9.59 Å². The van der Waals surface area contributed by atoms with Crippen LogP contribution in [-0.2, 0) is 13.0 Å². The molecule has 1 amide bonds. The molecule has 5 rings (SSSR count). The molecule has 2 aliphatic rings. The van der Waals surface area contributed by atoms with Crippen LogP contribution in [0.1, 0.15) is 42.9 Å². The third kappa shape index (κ3) is 4.33. The second-order valence-corrected chi connectivity index (χ2v) is 9.72. The quantitative estimate of drug-likeness (QED) is 0.382. The molecule has 0 saturated carbocycles. The van der Waals surface area contributed by atoms with E-state index in [4.69, 9.17) is 18.9 Å². The summed E-state index contributed by atoms with van der Waals surface area (Å²) in [6.45, 7) is 1.81. The molecule has 1 atom stereocenters. The third-order valence-corrected chi connectivity index (χ3v) is 7.50. The highest BCUT2D eigenvalue weighted by Crippen LogP contribution is 2.41. The lowest BCUT2D eigenvalue weighted by atomic mass is 10.0. The van der Waals surface area contributed by atoms with E-state index in [-0.39, 0.29) is 17.6 Å². The molecule has 1 unspecified atom stereocenters. The van der Waals surface area contributed by atoms with Gasteiger partial charge in [0.2, 0.25) is 5.75 Å². The van der Waals surface area contributed by atoms with E-state index >= 15 is 0 Å². The average molecular weight is 510 g/mol. The zero-order valence-corrected chi connectivity index (χ0v) is 21.3. The Balaban J connectivity index is 1.31. The van der Waals surface area contributed by atoms with E-state index in [0.29, 0.717) is 23.0 Å². The summed E-state index contributed by atoms with van der Waals surface area (Å²) in [5.41, 5.74) is 3.04. The second-order valence-electron chi connectivity index (χ2n) is 8.62. The number of nitrogens with one attached hydrogen (secondary N) is 2. The number of carbonyl (C=O) groups is 2. The van der Waals surface area contributed by atoms with E-state index in [2.05, 4.69) is 22.6 Å². The molecular formula is C26H27N3O6S. The smallest absolute Gasteiger partial charge is 0.343 e. The predicted molar refractivity (Wildman–Crippen MR) is 136 cm³/mol. The molecule has 2 aromatic carbocycles. The maximum absolute atomic E-state index is 12.9. The summed E-state index contributed by atoms with van der Waals surface area (Å²) in [6.07, 6.45) is 0.506. The van der Waals surface area contributed by atoms with Gasteiger partial charge in [0, 0.05) is 18.0 Å². The van der Waals surface area contributed by atoms with Crippen molar-refractivity contribution in [2.75, 3.05) is 40.2 Å². The zero-order valence-electron chi connectivity index (χ0n) is 20.5. The number of hydrogen-bond donors (Lipinski definition) is 2. The van der Waals surface area contributed by atoms with Gasteiger partial charge in [0.15, 0.2) is 11.5 Å². The van der Waals surface area contributed by atoms with E-state index in [1.165, 1.54) is 38.3 Å². The molecule has 2 N–H and O–H groups in total. The van der Waals surface area contributed by atoms with Crippen molar-refractivity contribution < 1.29 is 28.5 Å². The minimum Gasteiger partial charge on any atom is -0.493 e. The molecule has 1 aromatic heterocycles. The van der Waals surface area contributed by atoms with Gasteiger partial charge in [0.05, 0.1) is 32.5 Å². The molecule has 0 aliphatic carbocycles. The van der Waals surface area contributed by atoms with Gasteiger partial charge in [0.1, 0.15) is 16.9 Å². The Bertz CT molecular complexity index is 1290. The number of ether oxygens (including phenoxy) is 4. The van der Waals surface area contributed by atoms with Gasteiger partial charge < -0.3 is 34.5 Å². The fourth-order valence-corrected chi connectivity index (χ4v) is 5.86. The van der Waals surface area contributed by atoms with Crippen LogP contribution in [0.4, 0.5) is 5.00 Å². The van der Waals surface area contributed by atoms with Crippen molar-refractivity contribution in [3.05, 3.63) is 63.5 Å². The standard InChI is InChI=1S/C26H27N3O6S/c1-29-10-9-17-20(13-29)36-25-21(17)24(30)27-23(28-25)14-5-7-16(8-6-14)35-26(31)15-11-18(32-2)22(34-4)19(12-15)33-3/h5-8,11-12,23,28H,9-10,13H2,1-4H3,(H,27,30). The number of esters is 1. The van der Waals surface area contributed by atoms with Gasteiger partial charge in [-0.3, -0.25) is 4.79 Å². The Morgan fingerprint density at radius 2 is 1.72 bits per heavy atom. The maximum Gasteiger partial charge on any atom is 0.343 e. The highest BCUT2D eigenvalue weighted by Gasteiger charge is 2.32. The van der Waals surface area contributed by atoms with Gasteiger partial charge in [0.25, 0.3) is 5.91 Å². The average Bonchev–Trinajstić information content (AvgIpc) is 3.25.